The number of carbonyl (C=O) groups excluding carboxylic acids is 1. The van der Waals surface area contributed by atoms with Crippen LogP contribution in [-0.4, -0.2) is 57.4 Å². The molecule has 1 aliphatic heterocycles. The number of carbonyl (C=O) groups is 1. The van der Waals surface area contributed by atoms with Crippen LogP contribution in [0, 0.1) is 5.92 Å². The molecule has 132 valence electrons. The Morgan fingerprint density at radius 1 is 1.40 bits per heavy atom. The lowest BCUT2D eigenvalue weighted by Gasteiger charge is -2.37. The van der Waals surface area contributed by atoms with Gasteiger partial charge in [0.25, 0.3) is 11.5 Å². The van der Waals surface area contributed by atoms with Gasteiger partial charge in [0, 0.05) is 25.8 Å². The zero-order valence-corrected chi connectivity index (χ0v) is 14.1. The Balaban J connectivity index is 1.65. The van der Waals surface area contributed by atoms with Crippen LogP contribution >= 0.6 is 0 Å². The molecule has 7 heteroatoms. The number of aryl methyl sites for hydroxylation is 1. The minimum absolute atomic E-state index is 0.000672. The zero-order chi connectivity index (χ0) is 17.6. The van der Waals surface area contributed by atoms with Gasteiger partial charge in [-0.05, 0) is 37.0 Å². The van der Waals surface area contributed by atoms with Gasteiger partial charge in [-0.25, -0.2) is 4.98 Å². The first kappa shape index (κ1) is 16.2. The van der Waals surface area contributed by atoms with E-state index in [2.05, 4.69) is 4.98 Å². The van der Waals surface area contributed by atoms with Gasteiger partial charge >= 0.3 is 0 Å². The van der Waals surface area contributed by atoms with Crippen molar-refractivity contribution in [2.24, 2.45) is 13.0 Å². The molecule has 1 aliphatic carbocycles. The van der Waals surface area contributed by atoms with Crippen molar-refractivity contribution in [3.63, 3.8) is 0 Å². The quantitative estimate of drug-likeness (QED) is 0.861. The fourth-order valence-electron chi connectivity index (χ4n) is 3.96. The minimum Gasteiger partial charge on any atom is -0.396 e. The molecular weight excluding hydrogens is 322 g/mol. The number of fused-ring (bicyclic) bond motifs is 2. The van der Waals surface area contributed by atoms with E-state index in [0.29, 0.717) is 29.6 Å². The van der Waals surface area contributed by atoms with Crippen molar-refractivity contribution in [1.82, 2.24) is 14.5 Å². The standard InChI is InChI=1S/C18H21N3O4/c1-20-10-19-14-8-12(2-3-13(14)18(20)24)17(23)21-4-5-25-16-7-11(9-22)6-15(16)21/h2-3,8,10-11,15-16,22H,4-7,9H2,1H3/t11-,15+,16?/m1/s1. The van der Waals surface area contributed by atoms with Gasteiger partial charge in [0.1, 0.15) is 0 Å². The van der Waals surface area contributed by atoms with E-state index in [1.807, 2.05) is 4.90 Å². The van der Waals surface area contributed by atoms with Gasteiger partial charge < -0.3 is 19.3 Å². The molecule has 0 spiro atoms. The summed E-state index contributed by atoms with van der Waals surface area (Å²) in [6.07, 6.45) is 3.02. The number of morpholine rings is 1. The third-order valence-corrected chi connectivity index (χ3v) is 5.32. The summed E-state index contributed by atoms with van der Waals surface area (Å²) in [4.78, 5) is 31.3. The maximum atomic E-state index is 13.0. The van der Waals surface area contributed by atoms with E-state index in [4.69, 9.17) is 4.74 Å². The van der Waals surface area contributed by atoms with E-state index >= 15 is 0 Å². The van der Waals surface area contributed by atoms with Crippen molar-refractivity contribution in [1.29, 1.82) is 0 Å². The molecule has 1 aromatic carbocycles. The number of rotatable bonds is 2. The van der Waals surface area contributed by atoms with E-state index < -0.39 is 0 Å². The van der Waals surface area contributed by atoms with Crippen molar-refractivity contribution in [2.75, 3.05) is 19.8 Å². The molecule has 4 rings (SSSR count). The molecule has 2 aromatic rings. The Kier molecular flexibility index (Phi) is 4.05. The normalized spacial score (nSPS) is 26.0. The number of aromatic nitrogens is 2. The van der Waals surface area contributed by atoms with Crippen molar-refractivity contribution >= 4 is 16.8 Å². The molecular formula is C18H21N3O4. The molecule has 25 heavy (non-hydrogen) atoms. The summed E-state index contributed by atoms with van der Waals surface area (Å²) < 4.78 is 7.21. The number of benzene rings is 1. The topological polar surface area (TPSA) is 84.7 Å². The van der Waals surface area contributed by atoms with E-state index in [0.717, 1.165) is 12.8 Å². The van der Waals surface area contributed by atoms with E-state index in [1.165, 1.54) is 10.9 Å². The van der Waals surface area contributed by atoms with Gasteiger partial charge in [-0.2, -0.15) is 0 Å². The zero-order valence-electron chi connectivity index (χ0n) is 14.1. The smallest absolute Gasteiger partial charge is 0.260 e. The second-order valence-electron chi connectivity index (χ2n) is 6.89. The number of aliphatic hydroxyl groups excluding tert-OH is 1. The van der Waals surface area contributed by atoms with Crippen molar-refractivity contribution in [2.45, 2.75) is 25.0 Å². The Morgan fingerprint density at radius 3 is 3.04 bits per heavy atom. The molecule has 3 atom stereocenters. The van der Waals surface area contributed by atoms with Crippen molar-refractivity contribution in [3.05, 3.63) is 40.4 Å². The third kappa shape index (κ3) is 2.73. The van der Waals surface area contributed by atoms with Crippen LogP contribution in [0.25, 0.3) is 10.9 Å². The molecule has 1 aromatic heterocycles. The monoisotopic (exact) mass is 343 g/mol. The van der Waals surface area contributed by atoms with Gasteiger partial charge in [-0.15, -0.1) is 0 Å². The van der Waals surface area contributed by atoms with Crippen molar-refractivity contribution < 1.29 is 14.6 Å². The maximum absolute atomic E-state index is 13.0. The van der Waals surface area contributed by atoms with Crippen LogP contribution in [0.5, 0.6) is 0 Å². The van der Waals surface area contributed by atoms with Crippen LogP contribution in [0.4, 0.5) is 0 Å². The fourth-order valence-corrected chi connectivity index (χ4v) is 3.96. The molecule has 1 N–H and O–H groups in total. The average Bonchev–Trinajstić information content (AvgIpc) is 3.07. The number of hydrogen-bond acceptors (Lipinski definition) is 5. The molecule has 0 radical (unpaired) electrons. The largest absolute Gasteiger partial charge is 0.396 e. The van der Waals surface area contributed by atoms with Crippen LogP contribution < -0.4 is 5.56 Å². The predicted molar refractivity (Wildman–Crippen MR) is 91.4 cm³/mol. The molecule has 1 saturated carbocycles. The maximum Gasteiger partial charge on any atom is 0.260 e. The molecule has 1 unspecified atom stereocenters. The van der Waals surface area contributed by atoms with Crippen molar-refractivity contribution in [3.8, 4) is 0 Å². The number of ether oxygens (including phenoxy) is 1. The lowest BCUT2D eigenvalue weighted by molar-refractivity contribution is -0.0448. The fraction of sp³-hybridized carbons (Fsp3) is 0.500. The highest BCUT2D eigenvalue weighted by Gasteiger charge is 2.42. The third-order valence-electron chi connectivity index (χ3n) is 5.32. The van der Waals surface area contributed by atoms with Crippen LogP contribution in [0.1, 0.15) is 23.2 Å². The minimum atomic E-state index is -0.128. The summed E-state index contributed by atoms with van der Waals surface area (Å²) in [5.74, 6) is 0.117. The van der Waals surface area contributed by atoms with E-state index in [9.17, 15) is 14.7 Å². The number of nitrogens with zero attached hydrogens (tertiary/aromatic N) is 3. The van der Waals surface area contributed by atoms with Gasteiger partial charge in [-0.1, -0.05) is 0 Å². The second-order valence-corrected chi connectivity index (χ2v) is 6.89. The van der Waals surface area contributed by atoms with Gasteiger partial charge in [0.15, 0.2) is 0 Å². The Bertz CT molecular complexity index is 878. The Labute approximate surface area is 144 Å². The highest BCUT2D eigenvalue weighted by molar-refractivity contribution is 5.98. The Hall–Kier alpha value is -2.25. The van der Waals surface area contributed by atoms with Gasteiger partial charge in [-0.3, -0.25) is 9.59 Å². The van der Waals surface area contributed by atoms with Crippen LogP contribution in [0.3, 0.4) is 0 Å². The number of aliphatic hydroxyl groups is 1. The molecule has 1 amide bonds. The lowest BCUT2D eigenvalue weighted by atomic mass is 10.1. The summed E-state index contributed by atoms with van der Waals surface area (Å²) in [7, 11) is 1.65. The van der Waals surface area contributed by atoms with Gasteiger partial charge in [0.2, 0.25) is 0 Å². The number of amides is 1. The molecule has 2 aliphatic rings. The summed E-state index contributed by atoms with van der Waals surface area (Å²) >= 11 is 0. The summed E-state index contributed by atoms with van der Waals surface area (Å²) in [6.45, 7) is 1.18. The van der Waals surface area contributed by atoms with Crippen LogP contribution in [0.15, 0.2) is 29.3 Å². The molecule has 0 bridgehead atoms. The molecule has 2 fully saturated rings. The summed E-state index contributed by atoms with van der Waals surface area (Å²) in [6, 6.07) is 5.05. The molecule has 1 saturated heterocycles. The lowest BCUT2D eigenvalue weighted by Crippen LogP contribution is -2.51. The molecule has 7 nitrogen and oxygen atoms in total. The summed E-state index contributed by atoms with van der Waals surface area (Å²) in [5, 5.41) is 9.93. The first-order chi connectivity index (χ1) is 12.1. The SMILES string of the molecule is Cn1cnc2cc(C(=O)N3CCOC4C[C@H](CO)C[C@@H]43)ccc2c1=O. The highest BCUT2D eigenvalue weighted by Crippen LogP contribution is 2.34. The van der Waals surface area contributed by atoms with Crippen LogP contribution in [-0.2, 0) is 11.8 Å². The first-order valence-corrected chi connectivity index (χ1v) is 8.57. The van der Waals surface area contributed by atoms with Gasteiger partial charge in [0.05, 0.1) is 36.0 Å². The van der Waals surface area contributed by atoms with Crippen LogP contribution in [0.2, 0.25) is 0 Å². The highest BCUT2D eigenvalue weighted by atomic mass is 16.5. The van der Waals surface area contributed by atoms with E-state index in [-0.39, 0.29) is 36.1 Å². The number of hydrogen-bond donors (Lipinski definition) is 1. The Morgan fingerprint density at radius 2 is 2.24 bits per heavy atom. The predicted octanol–water partition coefficient (Wildman–Crippen LogP) is 0.545. The molecule has 2 heterocycles. The average molecular weight is 343 g/mol. The van der Waals surface area contributed by atoms with E-state index in [1.54, 1.807) is 25.2 Å². The first-order valence-electron chi connectivity index (χ1n) is 8.57. The second kappa shape index (κ2) is 6.24. The summed E-state index contributed by atoms with van der Waals surface area (Å²) in [5.41, 5.74) is 0.928.